The van der Waals surface area contributed by atoms with Crippen molar-refractivity contribution in [1.82, 2.24) is 29.2 Å². The summed E-state index contributed by atoms with van der Waals surface area (Å²) >= 11 is 0. The number of hydrogen-bond donors (Lipinski definition) is 2. The molecule has 2 saturated heterocycles. The first-order valence-corrected chi connectivity index (χ1v) is 41.4. The molecule has 2 N–H and O–H groups in total. The van der Waals surface area contributed by atoms with Crippen molar-refractivity contribution in [2.75, 3.05) is 27.3 Å². The quantitative estimate of drug-likeness (QED) is 0.0777. The van der Waals surface area contributed by atoms with E-state index in [4.69, 9.17) is 28.4 Å². The number of ether oxygens (including phenoxy) is 6. The van der Waals surface area contributed by atoms with Gasteiger partial charge in [0.15, 0.2) is 11.6 Å². The molecule has 4 aliphatic heterocycles. The van der Waals surface area contributed by atoms with Gasteiger partial charge in [0.2, 0.25) is 67.2 Å². The average Bonchev–Trinajstić information content (AvgIpc) is 1.57. The Morgan fingerprint density at radius 3 is 1.25 bits per heavy atom. The molecule has 588 valence electrons. The molecule has 0 spiro atoms. The van der Waals surface area contributed by atoms with Crippen LogP contribution in [0.15, 0.2) is 85.0 Å². The summed E-state index contributed by atoms with van der Waals surface area (Å²) in [7, 11) is -4.87. The van der Waals surface area contributed by atoms with Gasteiger partial charge in [-0.2, -0.15) is 9.97 Å². The van der Waals surface area contributed by atoms with Gasteiger partial charge in [-0.3, -0.25) is 47.8 Å². The number of sulfonamides is 2. The molecule has 14 atom stereocenters. The molecule has 26 heteroatoms. The second-order valence-corrected chi connectivity index (χ2v) is 39.2. The highest BCUT2D eigenvalue weighted by Gasteiger charge is 2.65. The Bertz CT molecular complexity index is 4150. The fraction of sp³-hybridized carbons (Fsp3) is 0.634. The zero-order valence-electron chi connectivity index (χ0n) is 65.1. The van der Waals surface area contributed by atoms with Crippen LogP contribution in [0.25, 0.3) is 21.5 Å². The Balaban J connectivity index is 0.000000215. The molecule has 0 radical (unpaired) electrons. The summed E-state index contributed by atoms with van der Waals surface area (Å²) in [5, 5.41) is 3.16. The van der Waals surface area contributed by atoms with E-state index >= 15 is 0 Å². The van der Waals surface area contributed by atoms with Crippen LogP contribution in [0, 0.1) is 58.2 Å². The molecule has 2 aromatic heterocycles. The first-order chi connectivity index (χ1) is 50.7. The largest absolute Gasteiger partial charge is 0.481 e. The van der Waals surface area contributed by atoms with Crippen LogP contribution in [0.2, 0.25) is 0 Å². The lowest BCUT2D eigenvalue weighted by Crippen LogP contribution is -2.48. The molecular formula is C82H110N6O18S2. The van der Waals surface area contributed by atoms with E-state index in [9.17, 15) is 55.2 Å². The topological polar surface area (TPSA) is 317 Å². The number of methoxy groups -OCH3 is 2. The summed E-state index contributed by atoms with van der Waals surface area (Å²) in [6, 6.07) is 16.7. The van der Waals surface area contributed by atoms with E-state index in [0.29, 0.717) is 74.9 Å². The number of nitrogens with zero attached hydrogens (tertiary/aromatic N) is 4. The molecule has 4 saturated carbocycles. The lowest BCUT2D eigenvalue weighted by atomic mass is 9.82. The van der Waals surface area contributed by atoms with Gasteiger partial charge in [0.1, 0.15) is 23.4 Å². The molecule has 6 fully saturated rings. The lowest BCUT2D eigenvalue weighted by Gasteiger charge is -2.32. The van der Waals surface area contributed by atoms with Gasteiger partial charge in [-0.25, -0.2) is 16.8 Å². The van der Waals surface area contributed by atoms with Crippen molar-refractivity contribution in [2.45, 2.75) is 244 Å². The molecule has 0 bridgehead atoms. The summed E-state index contributed by atoms with van der Waals surface area (Å²) in [5.41, 5.74) is -4.03. The third-order valence-electron chi connectivity index (χ3n) is 23.5. The van der Waals surface area contributed by atoms with Crippen molar-refractivity contribution in [3.63, 3.8) is 0 Å². The smallest absolute Gasteiger partial charge is 0.307 e. The van der Waals surface area contributed by atoms with Gasteiger partial charge in [-0.05, 0) is 191 Å². The summed E-state index contributed by atoms with van der Waals surface area (Å²) in [6.07, 6.45) is 13.0. The molecule has 4 aliphatic carbocycles. The van der Waals surface area contributed by atoms with Crippen LogP contribution in [-0.2, 0) is 67.9 Å². The van der Waals surface area contributed by atoms with Crippen molar-refractivity contribution in [3.8, 4) is 23.5 Å². The highest BCUT2D eigenvalue weighted by atomic mass is 32.2. The number of fused-ring (bicyclic) bond motifs is 6. The van der Waals surface area contributed by atoms with Crippen molar-refractivity contribution < 1.29 is 83.6 Å². The van der Waals surface area contributed by atoms with Crippen LogP contribution in [0.1, 0.15) is 199 Å². The predicted molar refractivity (Wildman–Crippen MR) is 406 cm³/mol. The maximum atomic E-state index is 14.9. The second kappa shape index (κ2) is 31.4. The predicted octanol–water partition coefficient (Wildman–Crippen LogP) is 11.8. The summed E-state index contributed by atoms with van der Waals surface area (Å²) in [4.78, 5) is 126. The van der Waals surface area contributed by atoms with Crippen LogP contribution < -0.4 is 28.4 Å². The average molecular weight is 1530 g/mol. The van der Waals surface area contributed by atoms with Gasteiger partial charge in [-0.1, -0.05) is 88.4 Å². The van der Waals surface area contributed by atoms with Gasteiger partial charge in [-0.15, -0.1) is 0 Å². The summed E-state index contributed by atoms with van der Waals surface area (Å²) in [6.45, 7) is 22.2. The van der Waals surface area contributed by atoms with Crippen LogP contribution >= 0.6 is 0 Å². The molecule has 0 unspecified atom stereocenters. The number of aromatic nitrogens is 2. The van der Waals surface area contributed by atoms with Crippen LogP contribution in [-0.4, -0.2) is 156 Å². The number of carbonyl (C=O) groups excluding carboxylic acids is 8. The van der Waals surface area contributed by atoms with E-state index in [1.165, 1.54) is 24.0 Å². The van der Waals surface area contributed by atoms with Crippen molar-refractivity contribution >= 4 is 88.7 Å². The zero-order chi connectivity index (χ0) is 78.4. The molecular weight excluding hydrogens is 1420 g/mol. The molecule has 24 nitrogen and oxygen atoms in total. The third kappa shape index (κ3) is 18.4. The zero-order valence-corrected chi connectivity index (χ0v) is 66.7. The van der Waals surface area contributed by atoms with Gasteiger partial charge >= 0.3 is 11.9 Å². The van der Waals surface area contributed by atoms with Gasteiger partial charge in [0.25, 0.3) is 0 Å². The standard InChI is InChI=1S/2C41H55N3O9S/c2*1-25-12-8-10-14-28-22-41(28,38(48)43-54(49,50)40(6)16-17-40)23-33(45)32-20-29(52-36-30-15-11-9-13-27(30)19-34(42-36)51-7)24-44(32)37(47)31(26(2)18-25)21-35(46)53-39(3,4)5/h2*9-11,13-15,19,25-26,28-29,31-32H,8,12,16-18,20-24H2,1-7H3,(H,43,48)/b2*14-10-/t25-,26+,28+,29+,31-,32-,41+;25-,26-,28-,29-,31+,32+,41-/m01/s1. The Morgan fingerprint density at radius 1 is 0.546 bits per heavy atom. The van der Waals surface area contributed by atoms with E-state index in [0.717, 1.165) is 47.2 Å². The number of esters is 2. The molecule has 108 heavy (non-hydrogen) atoms. The molecule has 12 rings (SSSR count). The van der Waals surface area contributed by atoms with Crippen LogP contribution in [0.3, 0.4) is 0 Å². The molecule has 8 aliphatic rings. The van der Waals surface area contributed by atoms with Gasteiger partial charge < -0.3 is 38.2 Å². The Hall–Kier alpha value is -8.00. The number of nitrogens with one attached hydrogen (secondary N) is 2. The second-order valence-electron chi connectivity index (χ2n) is 34.8. The van der Waals surface area contributed by atoms with E-state index in [2.05, 4.69) is 33.3 Å². The fourth-order valence-corrected chi connectivity index (χ4v) is 19.0. The number of Topliss-reactive ketones (excluding diaryl/α,β-unsaturated/α-hetero) is 2. The van der Waals surface area contributed by atoms with E-state index < -0.39 is 111 Å². The number of ketones is 2. The van der Waals surface area contributed by atoms with Crippen LogP contribution in [0.5, 0.6) is 23.5 Å². The first-order valence-electron chi connectivity index (χ1n) is 38.5. The van der Waals surface area contributed by atoms with E-state index in [1.807, 2.05) is 86.7 Å². The summed E-state index contributed by atoms with van der Waals surface area (Å²) in [5.74, 6) is -4.68. The fourth-order valence-electron chi connectivity index (χ4n) is 16.3. The maximum Gasteiger partial charge on any atom is 0.307 e. The maximum absolute atomic E-state index is 14.9. The number of hydrogen-bond acceptors (Lipinski definition) is 20. The van der Waals surface area contributed by atoms with Gasteiger partial charge in [0, 0.05) is 48.6 Å². The normalized spacial score (nSPS) is 30.6. The summed E-state index contributed by atoms with van der Waals surface area (Å²) < 4.78 is 90.8. The number of amides is 4. The monoisotopic (exact) mass is 1530 g/mol. The molecule has 4 aromatic rings. The van der Waals surface area contributed by atoms with E-state index in [-0.39, 0.29) is 111 Å². The Morgan fingerprint density at radius 2 is 0.907 bits per heavy atom. The van der Waals surface area contributed by atoms with E-state index in [1.54, 1.807) is 67.5 Å². The number of benzene rings is 2. The number of allylic oxidation sites excluding steroid dienone is 4. The highest BCUT2D eigenvalue weighted by Crippen LogP contribution is 2.59. The van der Waals surface area contributed by atoms with Crippen molar-refractivity contribution in [3.05, 3.63) is 85.0 Å². The van der Waals surface area contributed by atoms with Crippen LogP contribution in [0.4, 0.5) is 0 Å². The molecule has 6 heterocycles. The number of pyridine rings is 2. The number of carbonyl (C=O) groups is 8. The minimum absolute atomic E-state index is 0.0464. The third-order valence-corrected chi connectivity index (χ3v) is 27.9. The van der Waals surface area contributed by atoms with Crippen molar-refractivity contribution in [1.29, 1.82) is 0 Å². The molecule has 2 aromatic carbocycles. The Labute approximate surface area is 635 Å². The minimum atomic E-state index is -3.95. The first kappa shape index (κ1) is 81.0. The van der Waals surface area contributed by atoms with Gasteiger partial charge in [0.05, 0.1) is 84.4 Å². The van der Waals surface area contributed by atoms with Crippen molar-refractivity contribution in [2.24, 2.45) is 58.2 Å². The number of rotatable bonds is 16. The SMILES string of the molecule is COc1cc2ccccc2c(O[C@@H]2C[C@H]3C(=O)C[C@]4(C(=O)NS(=O)(=O)C5(C)CC5)C[C@H]4/C=C\CC[C@@H](C)C[C@@H](C)[C@H](CC(=O)OC(C)(C)C)C(=O)N3C2)n1.COc1cc2ccccc2c(O[C@@H]2C[C@H]3C(=O)C[C@]4(C(=O)NS(=O)(=O)C5(C)CC5)C[C@H]4/C=C\CC[C@H](C)C[C@@H](C)[C@H](CC(=O)OC(C)(C)C)C(=O)N3C2)n1. The highest BCUT2D eigenvalue weighted by molar-refractivity contribution is 7.92. The minimum Gasteiger partial charge on any atom is -0.481 e. The lowest BCUT2D eigenvalue weighted by molar-refractivity contribution is -0.160. The molecule has 4 amide bonds. The Kier molecular flexibility index (Phi) is 23.6.